The predicted octanol–water partition coefficient (Wildman–Crippen LogP) is 1.05. The molecule has 0 aliphatic carbocycles. The van der Waals surface area contributed by atoms with E-state index in [9.17, 15) is 4.79 Å². The van der Waals surface area contributed by atoms with Gasteiger partial charge < -0.3 is 20.4 Å². The molecule has 0 unspecified atom stereocenters. The van der Waals surface area contributed by atoms with Crippen LogP contribution in [0.5, 0.6) is 0 Å². The highest BCUT2D eigenvalue weighted by molar-refractivity contribution is 5.94. The highest BCUT2D eigenvalue weighted by Crippen LogP contribution is 2.16. The summed E-state index contributed by atoms with van der Waals surface area (Å²) in [4.78, 5) is 19.1. The third kappa shape index (κ3) is 3.77. The number of benzene rings is 1. The van der Waals surface area contributed by atoms with E-state index in [1.54, 1.807) is 7.11 Å². The number of amides is 1. The summed E-state index contributed by atoms with van der Waals surface area (Å²) in [6.07, 6.45) is 0. The molecule has 0 saturated carbocycles. The molecule has 0 spiro atoms. The summed E-state index contributed by atoms with van der Waals surface area (Å²) in [7, 11) is 1.63. The molecule has 1 aromatic carbocycles. The molecule has 0 aliphatic heterocycles. The van der Waals surface area contributed by atoms with Crippen LogP contribution in [0.3, 0.4) is 0 Å². The van der Waals surface area contributed by atoms with Crippen LogP contribution in [0.25, 0.3) is 11.0 Å². The van der Waals surface area contributed by atoms with Gasteiger partial charge in [0.25, 0.3) is 0 Å². The molecule has 1 aromatic heterocycles. The van der Waals surface area contributed by atoms with Gasteiger partial charge in [0, 0.05) is 19.3 Å². The summed E-state index contributed by atoms with van der Waals surface area (Å²) < 4.78 is 4.89. The number of fused-ring (bicyclic) bond motifs is 1. The van der Waals surface area contributed by atoms with Crippen molar-refractivity contribution in [2.75, 3.05) is 32.1 Å². The Morgan fingerprint density at radius 3 is 3.11 bits per heavy atom. The van der Waals surface area contributed by atoms with E-state index in [1.807, 2.05) is 25.1 Å². The normalized spacial score (nSPS) is 10.8. The zero-order chi connectivity index (χ0) is 13.7. The maximum Gasteiger partial charge on any atom is 0.238 e. The number of nitrogens with one attached hydrogen (secondary N) is 3. The largest absolute Gasteiger partial charge is 0.383 e. The fourth-order valence-corrected chi connectivity index (χ4v) is 1.80. The van der Waals surface area contributed by atoms with Crippen LogP contribution in [0.2, 0.25) is 0 Å². The molecule has 3 N–H and O–H groups in total. The van der Waals surface area contributed by atoms with Crippen LogP contribution in [0.1, 0.15) is 5.82 Å². The average molecular weight is 262 g/mol. The van der Waals surface area contributed by atoms with Crippen molar-refractivity contribution in [2.45, 2.75) is 6.92 Å². The maximum absolute atomic E-state index is 11.7. The van der Waals surface area contributed by atoms with Crippen molar-refractivity contribution in [1.82, 2.24) is 15.3 Å². The van der Waals surface area contributed by atoms with E-state index >= 15 is 0 Å². The second-order valence-corrected chi connectivity index (χ2v) is 4.27. The standard InChI is InChI=1S/C13H18N4O2/c1-9-15-11-4-3-10(7-12(11)16-9)17-13(18)8-14-5-6-19-2/h3-4,7,14H,5-6,8H2,1-2H3,(H,15,16)(H,17,18). The molecule has 2 aromatic rings. The van der Waals surface area contributed by atoms with Crippen LogP contribution < -0.4 is 10.6 Å². The van der Waals surface area contributed by atoms with Crippen molar-refractivity contribution in [1.29, 1.82) is 0 Å². The van der Waals surface area contributed by atoms with Gasteiger partial charge in [-0.25, -0.2) is 4.98 Å². The Hall–Kier alpha value is -1.92. The number of rotatable bonds is 6. The first-order valence-electron chi connectivity index (χ1n) is 6.15. The lowest BCUT2D eigenvalue weighted by Gasteiger charge is -2.06. The van der Waals surface area contributed by atoms with Gasteiger partial charge in [0.15, 0.2) is 0 Å². The van der Waals surface area contributed by atoms with Crippen molar-refractivity contribution < 1.29 is 9.53 Å². The topological polar surface area (TPSA) is 79.0 Å². The second-order valence-electron chi connectivity index (χ2n) is 4.27. The Labute approximate surface area is 111 Å². The van der Waals surface area contributed by atoms with E-state index < -0.39 is 0 Å². The van der Waals surface area contributed by atoms with Crippen LogP contribution in [0, 0.1) is 6.92 Å². The minimum absolute atomic E-state index is 0.0771. The van der Waals surface area contributed by atoms with Crippen LogP contribution in [-0.4, -0.2) is 42.7 Å². The van der Waals surface area contributed by atoms with Gasteiger partial charge in [-0.2, -0.15) is 0 Å². The molecule has 2 rings (SSSR count). The Morgan fingerprint density at radius 1 is 1.47 bits per heavy atom. The number of anilines is 1. The molecule has 6 nitrogen and oxygen atoms in total. The lowest BCUT2D eigenvalue weighted by atomic mass is 10.2. The van der Waals surface area contributed by atoms with Crippen LogP contribution >= 0.6 is 0 Å². The van der Waals surface area contributed by atoms with Crippen molar-refractivity contribution in [2.24, 2.45) is 0 Å². The zero-order valence-electron chi connectivity index (χ0n) is 11.1. The SMILES string of the molecule is COCCNCC(=O)Nc1ccc2nc(C)[nH]c2c1. The first-order chi connectivity index (χ1) is 9.19. The molecule has 6 heteroatoms. The third-order valence-electron chi connectivity index (χ3n) is 2.65. The molecule has 102 valence electrons. The number of ether oxygens (including phenoxy) is 1. The lowest BCUT2D eigenvalue weighted by Crippen LogP contribution is -2.30. The number of hydrogen-bond acceptors (Lipinski definition) is 4. The molecule has 0 atom stereocenters. The first-order valence-corrected chi connectivity index (χ1v) is 6.15. The lowest BCUT2D eigenvalue weighted by molar-refractivity contribution is -0.115. The summed E-state index contributed by atoms with van der Waals surface area (Å²) in [6, 6.07) is 5.60. The Balaban J connectivity index is 1.91. The summed E-state index contributed by atoms with van der Waals surface area (Å²) in [5, 5.41) is 5.82. The number of aromatic nitrogens is 2. The highest BCUT2D eigenvalue weighted by atomic mass is 16.5. The molecule has 1 heterocycles. The number of H-pyrrole nitrogens is 1. The maximum atomic E-state index is 11.7. The quantitative estimate of drug-likeness (QED) is 0.680. The van der Waals surface area contributed by atoms with Crippen molar-refractivity contribution in [3.8, 4) is 0 Å². The van der Waals surface area contributed by atoms with Gasteiger partial charge in [-0.05, 0) is 25.1 Å². The minimum Gasteiger partial charge on any atom is -0.383 e. The van der Waals surface area contributed by atoms with Crippen molar-refractivity contribution in [3.05, 3.63) is 24.0 Å². The fraction of sp³-hybridized carbons (Fsp3) is 0.385. The number of carbonyl (C=O) groups excluding carboxylic acids is 1. The van der Waals surface area contributed by atoms with E-state index in [-0.39, 0.29) is 12.5 Å². The number of nitrogens with zero attached hydrogens (tertiary/aromatic N) is 1. The number of methoxy groups -OCH3 is 1. The molecular weight excluding hydrogens is 244 g/mol. The molecule has 19 heavy (non-hydrogen) atoms. The van der Waals surface area contributed by atoms with Gasteiger partial charge in [-0.15, -0.1) is 0 Å². The molecule has 0 bridgehead atoms. The van der Waals surface area contributed by atoms with E-state index in [0.29, 0.717) is 13.2 Å². The molecule has 0 saturated heterocycles. The van der Waals surface area contributed by atoms with E-state index in [1.165, 1.54) is 0 Å². The number of imidazole rings is 1. The van der Waals surface area contributed by atoms with Crippen molar-refractivity contribution >= 4 is 22.6 Å². The van der Waals surface area contributed by atoms with Gasteiger partial charge in [0.2, 0.25) is 5.91 Å². The first kappa shape index (κ1) is 13.5. The predicted molar refractivity (Wildman–Crippen MR) is 74.2 cm³/mol. The highest BCUT2D eigenvalue weighted by Gasteiger charge is 2.04. The smallest absolute Gasteiger partial charge is 0.238 e. The average Bonchev–Trinajstić information content (AvgIpc) is 2.74. The van der Waals surface area contributed by atoms with Gasteiger partial charge in [0.1, 0.15) is 5.82 Å². The van der Waals surface area contributed by atoms with E-state index in [0.717, 1.165) is 22.5 Å². The number of carbonyl (C=O) groups is 1. The Morgan fingerprint density at radius 2 is 2.32 bits per heavy atom. The Bertz CT molecular complexity index is 565. The summed E-state index contributed by atoms with van der Waals surface area (Å²) in [6.45, 7) is 3.41. The molecule has 1 amide bonds. The molecule has 0 radical (unpaired) electrons. The van der Waals surface area contributed by atoms with Crippen LogP contribution in [-0.2, 0) is 9.53 Å². The molecular formula is C13H18N4O2. The van der Waals surface area contributed by atoms with Crippen LogP contribution in [0.15, 0.2) is 18.2 Å². The fourth-order valence-electron chi connectivity index (χ4n) is 1.80. The van der Waals surface area contributed by atoms with Crippen molar-refractivity contribution in [3.63, 3.8) is 0 Å². The third-order valence-corrected chi connectivity index (χ3v) is 2.65. The Kier molecular flexibility index (Phi) is 4.48. The van der Waals surface area contributed by atoms with Gasteiger partial charge in [0.05, 0.1) is 24.2 Å². The number of hydrogen-bond donors (Lipinski definition) is 3. The zero-order valence-corrected chi connectivity index (χ0v) is 11.1. The number of aryl methyl sites for hydroxylation is 1. The summed E-state index contributed by atoms with van der Waals surface area (Å²) in [5.74, 6) is 0.784. The van der Waals surface area contributed by atoms with E-state index in [2.05, 4.69) is 20.6 Å². The second kappa shape index (κ2) is 6.31. The van der Waals surface area contributed by atoms with Gasteiger partial charge >= 0.3 is 0 Å². The van der Waals surface area contributed by atoms with Crippen LogP contribution in [0.4, 0.5) is 5.69 Å². The number of aromatic amines is 1. The van der Waals surface area contributed by atoms with E-state index in [4.69, 9.17) is 4.74 Å². The minimum atomic E-state index is -0.0771. The molecule has 0 aliphatic rings. The monoisotopic (exact) mass is 262 g/mol. The summed E-state index contributed by atoms with van der Waals surface area (Å²) >= 11 is 0. The van der Waals surface area contributed by atoms with Gasteiger partial charge in [-0.1, -0.05) is 0 Å². The van der Waals surface area contributed by atoms with Gasteiger partial charge in [-0.3, -0.25) is 4.79 Å². The summed E-state index contributed by atoms with van der Waals surface area (Å²) in [5.41, 5.74) is 2.58. The molecule has 0 fully saturated rings.